The van der Waals surface area contributed by atoms with Crippen molar-refractivity contribution in [3.8, 4) is 0 Å². The first kappa shape index (κ1) is 15.8. The number of nitrogens with one attached hydrogen (secondary N) is 3. The van der Waals surface area contributed by atoms with Crippen molar-refractivity contribution >= 4 is 17.8 Å². The average molecular weight is 355 g/mol. The molecule has 5 aliphatic rings. The lowest BCUT2D eigenvalue weighted by Gasteiger charge is -2.24. The summed E-state index contributed by atoms with van der Waals surface area (Å²) in [6.45, 7) is -0.141. The number of imide groups is 1. The van der Waals surface area contributed by atoms with Crippen LogP contribution in [0.25, 0.3) is 0 Å². The van der Waals surface area contributed by atoms with Crippen LogP contribution in [-0.2, 0) is 16.0 Å². The molecule has 0 unspecified atom stereocenters. The van der Waals surface area contributed by atoms with Gasteiger partial charge >= 0.3 is 6.03 Å². The van der Waals surface area contributed by atoms with Crippen molar-refractivity contribution in [2.75, 3.05) is 6.61 Å². The van der Waals surface area contributed by atoms with Gasteiger partial charge < -0.3 is 15.7 Å². The van der Waals surface area contributed by atoms with E-state index in [2.05, 4.69) is 16.0 Å². The molecule has 7 nitrogen and oxygen atoms in total. The third kappa shape index (κ3) is 1.79. The van der Waals surface area contributed by atoms with Gasteiger partial charge in [-0.2, -0.15) is 0 Å². The maximum atomic E-state index is 13.1. The summed E-state index contributed by atoms with van der Waals surface area (Å²) < 4.78 is 0. The minimum Gasteiger partial charge on any atom is -0.394 e. The second-order valence-corrected chi connectivity index (χ2v) is 8.08. The lowest BCUT2D eigenvalue weighted by Crippen LogP contribution is -2.51. The van der Waals surface area contributed by atoms with Crippen LogP contribution in [0, 0.1) is 23.2 Å². The van der Waals surface area contributed by atoms with Gasteiger partial charge in [0.15, 0.2) is 0 Å². The van der Waals surface area contributed by atoms with Gasteiger partial charge in [0, 0.05) is 5.92 Å². The van der Waals surface area contributed by atoms with Crippen LogP contribution in [0.2, 0.25) is 0 Å². The lowest BCUT2D eigenvalue weighted by atomic mass is 9.88. The Morgan fingerprint density at radius 1 is 1.31 bits per heavy atom. The largest absolute Gasteiger partial charge is 0.394 e. The van der Waals surface area contributed by atoms with E-state index in [-0.39, 0.29) is 42.2 Å². The molecule has 0 radical (unpaired) electrons. The summed E-state index contributed by atoms with van der Waals surface area (Å²) in [5.41, 5.74) is -0.414. The molecule has 136 valence electrons. The highest BCUT2D eigenvalue weighted by Gasteiger charge is 2.90. The van der Waals surface area contributed by atoms with Crippen LogP contribution in [0.5, 0.6) is 0 Å². The topological polar surface area (TPSA) is 108 Å². The monoisotopic (exact) mass is 355 g/mol. The zero-order valence-corrected chi connectivity index (χ0v) is 14.2. The van der Waals surface area contributed by atoms with Crippen molar-refractivity contribution < 1.29 is 19.5 Å². The van der Waals surface area contributed by atoms with Crippen LogP contribution in [0.3, 0.4) is 0 Å². The SMILES string of the molecule is O=C1NC(=O)[C@]2(N1)[C@@H]1C[C@@H]3[C@H]2[C@]3(C(=O)N[C@@H](CO)Cc2ccccc2)C1. The Labute approximate surface area is 150 Å². The number of urea groups is 1. The molecule has 4 N–H and O–H groups in total. The van der Waals surface area contributed by atoms with Gasteiger partial charge in [-0.15, -0.1) is 0 Å². The molecule has 5 fully saturated rings. The highest BCUT2D eigenvalue weighted by Crippen LogP contribution is 2.82. The minimum absolute atomic E-state index is 0.0244. The molecule has 4 bridgehead atoms. The maximum absolute atomic E-state index is 13.1. The predicted octanol–water partition coefficient (Wildman–Crippen LogP) is -0.0596. The molecule has 1 heterocycles. The van der Waals surface area contributed by atoms with Gasteiger partial charge in [0.2, 0.25) is 5.91 Å². The van der Waals surface area contributed by atoms with Crippen molar-refractivity contribution in [3.05, 3.63) is 35.9 Å². The normalized spacial score (nSPS) is 39.7. The number of rotatable bonds is 5. The van der Waals surface area contributed by atoms with Crippen molar-refractivity contribution in [2.24, 2.45) is 23.2 Å². The Morgan fingerprint density at radius 2 is 2.08 bits per heavy atom. The van der Waals surface area contributed by atoms with E-state index >= 15 is 0 Å². The molecule has 6 rings (SSSR count). The van der Waals surface area contributed by atoms with Gasteiger partial charge in [0.05, 0.1) is 18.1 Å². The van der Waals surface area contributed by atoms with Crippen LogP contribution in [-0.4, -0.2) is 41.1 Å². The second-order valence-electron chi connectivity index (χ2n) is 8.08. The number of aliphatic hydroxyl groups is 1. The molecule has 1 saturated heterocycles. The molecule has 4 amide bonds. The highest BCUT2D eigenvalue weighted by molar-refractivity contribution is 6.10. The fourth-order valence-corrected chi connectivity index (χ4v) is 6.04. The smallest absolute Gasteiger partial charge is 0.322 e. The first-order valence-corrected chi connectivity index (χ1v) is 9.11. The molecule has 1 aliphatic heterocycles. The molecule has 1 aromatic rings. The molecular formula is C19H21N3O4. The Bertz CT molecular complexity index is 812. The van der Waals surface area contributed by atoms with Gasteiger partial charge in [0.1, 0.15) is 5.54 Å². The maximum Gasteiger partial charge on any atom is 0.322 e. The fourth-order valence-electron chi connectivity index (χ4n) is 6.04. The summed E-state index contributed by atoms with van der Waals surface area (Å²) in [6, 6.07) is 8.90. The van der Waals surface area contributed by atoms with E-state index in [1.54, 1.807) is 0 Å². The van der Waals surface area contributed by atoms with E-state index in [0.29, 0.717) is 12.8 Å². The molecule has 0 aromatic heterocycles. The third-order valence-corrected chi connectivity index (χ3v) is 6.99. The van der Waals surface area contributed by atoms with Crippen LogP contribution < -0.4 is 16.0 Å². The van der Waals surface area contributed by atoms with E-state index in [9.17, 15) is 19.5 Å². The quantitative estimate of drug-likeness (QED) is 0.555. The number of hydrogen-bond donors (Lipinski definition) is 4. The van der Waals surface area contributed by atoms with E-state index < -0.39 is 17.0 Å². The number of hydrogen-bond acceptors (Lipinski definition) is 4. The Balaban J connectivity index is 1.33. The summed E-state index contributed by atoms with van der Waals surface area (Å²) in [5, 5.41) is 17.9. The van der Waals surface area contributed by atoms with Crippen LogP contribution >= 0.6 is 0 Å². The van der Waals surface area contributed by atoms with Gasteiger partial charge in [0.25, 0.3) is 5.91 Å². The number of benzene rings is 1. The fraction of sp³-hybridized carbons (Fsp3) is 0.526. The predicted molar refractivity (Wildman–Crippen MR) is 90.7 cm³/mol. The van der Waals surface area contributed by atoms with E-state index in [0.717, 1.165) is 12.0 Å². The molecular weight excluding hydrogens is 334 g/mol. The summed E-state index contributed by atoms with van der Waals surface area (Å²) in [4.78, 5) is 37.1. The third-order valence-electron chi connectivity index (χ3n) is 6.99. The average Bonchev–Trinajstić information content (AvgIpc) is 2.98. The van der Waals surface area contributed by atoms with Gasteiger partial charge in [-0.3, -0.25) is 14.9 Å². The summed E-state index contributed by atoms with van der Waals surface area (Å²) in [5.74, 6) is -0.322. The standard InChI is InChI=1S/C19H21N3O4/c23-9-12(6-10-4-2-1-3-5-10)20-15(24)18-8-11-7-13(18)14(18)19(11)16(25)21-17(26)22-19/h1-5,11-14,23H,6-9H2,(H,20,24)(H2,21,22,25,26)/t11-,12-,13-,14+,18+,19+/m1/s1. The number of amides is 4. The van der Waals surface area contributed by atoms with Gasteiger partial charge in [-0.25, -0.2) is 4.79 Å². The number of aliphatic hydroxyl groups excluding tert-OH is 1. The highest BCUT2D eigenvalue weighted by atomic mass is 16.3. The summed E-state index contributed by atoms with van der Waals surface area (Å²) in [6.07, 6.45) is 1.99. The zero-order chi connectivity index (χ0) is 18.1. The molecule has 4 aliphatic carbocycles. The van der Waals surface area contributed by atoms with Crippen molar-refractivity contribution in [1.82, 2.24) is 16.0 Å². The van der Waals surface area contributed by atoms with Crippen LogP contribution in [0.1, 0.15) is 18.4 Å². The Morgan fingerprint density at radius 3 is 2.69 bits per heavy atom. The molecule has 1 aromatic carbocycles. The number of carbonyl (C=O) groups excluding carboxylic acids is 3. The zero-order valence-electron chi connectivity index (χ0n) is 14.2. The summed E-state index contributed by atoms with van der Waals surface area (Å²) in [7, 11) is 0. The van der Waals surface area contributed by atoms with E-state index in [4.69, 9.17) is 0 Å². The molecule has 4 saturated carbocycles. The van der Waals surface area contributed by atoms with Crippen molar-refractivity contribution in [2.45, 2.75) is 30.8 Å². The van der Waals surface area contributed by atoms with E-state index in [1.165, 1.54) is 0 Å². The van der Waals surface area contributed by atoms with Crippen molar-refractivity contribution in [1.29, 1.82) is 0 Å². The first-order valence-electron chi connectivity index (χ1n) is 9.11. The lowest BCUT2D eigenvalue weighted by molar-refractivity contribution is -0.128. The van der Waals surface area contributed by atoms with Gasteiger partial charge in [-0.1, -0.05) is 30.3 Å². The molecule has 7 heteroatoms. The van der Waals surface area contributed by atoms with Crippen LogP contribution in [0.4, 0.5) is 4.79 Å². The number of carbonyl (C=O) groups is 3. The minimum atomic E-state index is -0.896. The Hall–Kier alpha value is -2.41. The first-order chi connectivity index (χ1) is 12.5. The molecule has 1 spiro atoms. The van der Waals surface area contributed by atoms with Gasteiger partial charge in [-0.05, 0) is 36.7 Å². The Kier molecular flexibility index (Phi) is 3.08. The summed E-state index contributed by atoms with van der Waals surface area (Å²) >= 11 is 0. The second kappa shape index (κ2) is 5.07. The van der Waals surface area contributed by atoms with Crippen LogP contribution in [0.15, 0.2) is 30.3 Å². The molecule has 6 atom stereocenters. The molecule has 26 heavy (non-hydrogen) atoms. The van der Waals surface area contributed by atoms with Crippen molar-refractivity contribution in [3.63, 3.8) is 0 Å². The van der Waals surface area contributed by atoms with E-state index in [1.807, 2.05) is 30.3 Å².